The third kappa shape index (κ3) is 3.20. The molecule has 6 nitrogen and oxygen atoms in total. The molecular weight excluding hydrogens is 312 g/mol. The second-order valence-electron chi connectivity index (χ2n) is 5.52. The lowest BCUT2D eigenvalue weighted by Crippen LogP contribution is -2.44. The average Bonchev–Trinajstić information content (AvgIpc) is 2.99. The molecule has 0 aromatic carbocycles. The lowest BCUT2D eigenvalue weighted by atomic mass is 10.1. The van der Waals surface area contributed by atoms with E-state index in [2.05, 4.69) is 15.3 Å². The van der Waals surface area contributed by atoms with Crippen LogP contribution in [0.5, 0.6) is 0 Å². The molecule has 0 spiro atoms. The molecular formula is C16H20N4O2S. The van der Waals surface area contributed by atoms with Gasteiger partial charge >= 0.3 is 0 Å². The molecule has 1 atom stereocenters. The molecule has 1 N–H and O–H groups in total. The van der Waals surface area contributed by atoms with Gasteiger partial charge in [0, 0.05) is 25.4 Å². The van der Waals surface area contributed by atoms with Crippen molar-refractivity contribution < 1.29 is 9.53 Å². The van der Waals surface area contributed by atoms with E-state index in [1.165, 1.54) is 11.3 Å². The van der Waals surface area contributed by atoms with Gasteiger partial charge in [-0.15, -0.1) is 11.3 Å². The maximum Gasteiger partial charge on any atom is 0.264 e. The van der Waals surface area contributed by atoms with Crippen molar-refractivity contribution in [1.29, 1.82) is 0 Å². The number of ether oxygens (including phenoxy) is 1. The van der Waals surface area contributed by atoms with Gasteiger partial charge in [-0.05, 0) is 30.9 Å². The number of hydrogen-bond acceptors (Lipinski definition) is 6. The average molecular weight is 332 g/mol. The molecule has 3 heterocycles. The fourth-order valence-corrected chi connectivity index (χ4v) is 3.53. The summed E-state index contributed by atoms with van der Waals surface area (Å²) in [6.45, 7) is 5.39. The van der Waals surface area contributed by atoms with Crippen LogP contribution in [-0.2, 0) is 4.74 Å². The highest BCUT2D eigenvalue weighted by molar-refractivity contribution is 7.12. The van der Waals surface area contributed by atoms with Gasteiger partial charge in [-0.1, -0.05) is 0 Å². The highest BCUT2D eigenvalue weighted by atomic mass is 32.1. The molecule has 1 fully saturated rings. The predicted molar refractivity (Wildman–Crippen MR) is 90.0 cm³/mol. The third-order valence-corrected chi connectivity index (χ3v) is 4.88. The number of nitrogens with one attached hydrogen (secondary N) is 1. The van der Waals surface area contributed by atoms with Gasteiger partial charge in [-0.3, -0.25) is 4.79 Å². The SMILES string of the molecule is CNc1cc(C)nc([C@@H]2COCCN2C(=O)c2sccc2C)n1. The maximum atomic E-state index is 12.9. The molecule has 122 valence electrons. The summed E-state index contributed by atoms with van der Waals surface area (Å²) in [5.74, 6) is 1.40. The molecule has 0 saturated carbocycles. The first-order valence-corrected chi connectivity index (χ1v) is 8.44. The van der Waals surface area contributed by atoms with E-state index < -0.39 is 0 Å². The molecule has 3 rings (SSSR count). The number of morpholine rings is 1. The summed E-state index contributed by atoms with van der Waals surface area (Å²) >= 11 is 1.47. The Morgan fingerprint density at radius 2 is 2.26 bits per heavy atom. The van der Waals surface area contributed by atoms with E-state index in [1.807, 2.05) is 43.3 Å². The fraction of sp³-hybridized carbons (Fsp3) is 0.438. The third-order valence-electron chi connectivity index (χ3n) is 3.87. The summed E-state index contributed by atoms with van der Waals surface area (Å²) in [6, 6.07) is 3.59. The summed E-state index contributed by atoms with van der Waals surface area (Å²) in [5, 5.41) is 4.98. The van der Waals surface area contributed by atoms with Crippen LogP contribution in [0.1, 0.15) is 32.8 Å². The number of rotatable bonds is 3. The van der Waals surface area contributed by atoms with Crippen LogP contribution in [0, 0.1) is 13.8 Å². The molecule has 1 aliphatic heterocycles. The van der Waals surface area contributed by atoms with Crippen molar-refractivity contribution in [1.82, 2.24) is 14.9 Å². The minimum absolute atomic E-state index is 0.0295. The quantitative estimate of drug-likeness (QED) is 0.935. The molecule has 7 heteroatoms. The molecule has 0 radical (unpaired) electrons. The highest BCUT2D eigenvalue weighted by Crippen LogP contribution is 2.27. The van der Waals surface area contributed by atoms with E-state index in [1.54, 1.807) is 0 Å². The Kier molecular flexibility index (Phi) is 4.58. The maximum absolute atomic E-state index is 12.9. The van der Waals surface area contributed by atoms with Crippen molar-refractivity contribution in [2.45, 2.75) is 19.9 Å². The van der Waals surface area contributed by atoms with Gasteiger partial charge in [0.1, 0.15) is 11.9 Å². The van der Waals surface area contributed by atoms with Gasteiger partial charge in [-0.2, -0.15) is 0 Å². The monoisotopic (exact) mass is 332 g/mol. The minimum Gasteiger partial charge on any atom is -0.377 e. The Hall–Kier alpha value is -1.99. The molecule has 0 aliphatic carbocycles. The van der Waals surface area contributed by atoms with E-state index >= 15 is 0 Å². The van der Waals surface area contributed by atoms with Crippen LogP contribution < -0.4 is 5.32 Å². The molecule has 23 heavy (non-hydrogen) atoms. The van der Waals surface area contributed by atoms with Crippen molar-refractivity contribution in [3.63, 3.8) is 0 Å². The fourth-order valence-electron chi connectivity index (χ4n) is 2.65. The van der Waals surface area contributed by atoms with Gasteiger partial charge in [-0.25, -0.2) is 9.97 Å². The molecule has 2 aromatic heterocycles. The topological polar surface area (TPSA) is 67.4 Å². The number of hydrogen-bond donors (Lipinski definition) is 1. The molecule has 1 aliphatic rings. The van der Waals surface area contributed by atoms with Crippen LogP contribution in [0.15, 0.2) is 17.5 Å². The van der Waals surface area contributed by atoms with Crippen molar-refractivity contribution in [3.05, 3.63) is 39.5 Å². The zero-order valence-electron chi connectivity index (χ0n) is 13.5. The van der Waals surface area contributed by atoms with E-state index in [0.29, 0.717) is 25.6 Å². The van der Waals surface area contributed by atoms with E-state index in [-0.39, 0.29) is 11.9 Å². The first-order valence-electron chi connectivity index (χ1n) is 7.56. The van der Waals surface area contributed by atoms with Crippen LogP contribution in [0.2, 0.25) is 0 Å². The van der Waals surface area contributed by atoms with Crippen molar-refractivity contribution in [2.24, 2.45) is 0 Å². The summed E-state index contributed by atoms with van der Waals surface area (Å²) in [5.41, 5.74) is 1.87. The Bertz CT molecular complexity index is 716. The normalized spacial score (nSPS) is 18.0. The first kappa shape index (κ1) is 15.9. The number of amides is 1. The zero-order chi connectivity index (χ0) is 16.4. The largest absolute Gasteiger partial charge is 0.377 e. The number of carbonyl (C=O) groups excluding carboxylic acids is 1. The summed E-state index contributed by atoms with van der Waals surface area (Å²) in [7, 11) is 1.82. The number of aromatic nitrogens is 2. The Balaban J connectivity index is 1.94. The van der Waals surface area contributed by atoms with Gasteiger partial charge in [0.25, 0.3) is 5.91 Å². The lowest BCUT2D eigenvalue weighted by Gasteiger charge is -2.34. The van der Waals surface area contributed by atoms with Gasteiger partial charge in [0.15, 0.2) is 5.82 Å². The number of anilines is 1. The van der Waals surface area contributed by atoms with Gasteiger partial charge in [0.05, 0.1) is 18.1 Å². The van der Waals surface area contributed by atoms with Crippen LogP contribution in [-0.4, -0.2) is 47.6 Å². The minimum atomic E-state index is -0.259. The molecule has 1 amide bonds. The number of carbonyl (C=O) groups is 1. The van der Waals surface area contributed by atoms with Crippen LogP contribution in [0.3, 0.4) is 0 Å². The van der Waals surface area contributed by atoms with Crippen molar-refractivity contribution in [2.75, 3.05) is 32.1 Å². The lowest BCUT2D eigenvalue weighted by molar-refractivity contribution is -0.00500. The molecule has 0 bridgehead atoms. The predicted octanol–water partition coefficient (Wildman–Crippen LogP) is 2.41. The highest BCUT2D eigenvalue weighted by Gasteiger charge is 2.32. The number of thiophene rings is 1. The first-order chi connectivity index (χ1) is 11.1. The molecule has 1 saturated heterocycles. The molecule has 2 aromatic rings. The summed E-state index contributed by atoms with van der Waals surface area (Å²) in [6.07, 6.45) is 0. The van der Waals surface area contributed by atoms with Crippen LogP contribution >= 0.6 is 11.3 Å². The standard InChI is InChI=1S/C16H20N4O2S/c1-10-4-7-23-14(10)16(21)20-5-6-22-9-12(20)15-18-11(2)8-13(17-3)19-15/h4,7-8,12H,5-6,9H2,1-3H3,(H,17,18,19)/t12-/m0/s1. The van der Waals surface area contributed by atoms with Crippen LogP contribution in [0.4, 0.5) is 5.82 Å². The molecule has 0 unspecified atom stereocenters. The number of aryl methyl sites for hydroxylation is 2. The Labute approximate surface area is 139 Å². The Morgan fingerprint density at radius 3 is 2.96 bits per heavy atom. The number of nitrogens with zero attached hydrogens (tertiary/aromatic N) is 3. The van der Waals surface area contributed by atoms with Gasteiger partial charge < -0.3 is 15.0 Å². The van der Waals surface area contributed by atoms with E-state index in [4.69, 9.17) is 4.74 Å². The van der Waals surface area contributed by atoms with Gasteiger partial charge in [0.2, 0.25) is 0 Å². The smallest absolute Gasteiger partial charge is 0.264 e. The second kappa shape index (κ2) is 6.64. The van der Waals surface area contributed by atoms with Crippen molar-refractivity contribution >= 4 is 23.1 Å². The Morgan fingerprint density at radius 1 is 1.43 bits per heavy atom. The summed E-state index contributed by atoms with van der Waals surface area (Å²) < 4.78 is 5.59. The van der Waals surface area contributed by atoms with Crippen LogP contribution in [0.25, 0.3) is 0 Å². The van der Waals surface area contributed by atoms with E-state index in [9.17, 15) is 4.79 Å². The second-order valence-corrected chi connectivity index (χ2v) is 6.44. The zero-order valence-corrected chi connectivity index (χ0v) is 14.3. The summed E-state index contributed by atoms with van der Waals surface area (Å²) in [4.78, 5) is 24.6. The van der Waals surface area contributed by atoms with Crippen molar-refractivity contribution in [3.8, 4) is 0 Å². The van der Waals surface area contributed by atoms with E-state index in [0.717, 1.165) is 22.0 Å².